The Kier molecular flexibility index (Phi) is 8.46. The van der Waals surface area contributed by atoms with E-state index in [0.29, 0.717) is 29.8 Å². The third kappa shape index (κ3) is 5.91. The van der Waals surface area contributed by atoms with E-state index >= 15 is 0 Å². The lowest BCUT2D eigenvalue weighted by molar-refractivity contribution is -0.116. The molecule has 0 saturated carbocycles. The van der Waals surface area contributed by atoms with Crippen LogP contribution in [0.25, 0.3) is 0 Å². The van der Waals surface area contributed by atoms with Gasteiger partial charge in [0.1, 0.15) is 0 Å². The van der Waals surface area contributed by atoms with Crippen LogP contribution in [-0.4, -0.2) is 24.8 Å². The molecule has 2 N–H and O–H groups in total. The number of amides is 1. The molecule has 8 heteroatoms. The average molecular weight is 371 g/mol. The third-order valence-corrected chi connectivity index (χ3v) is 4.67. The van der Waals surface area contributed by atoms with Crippen LogP contribution < -0.4 is 10.6 Å². The van der Waals surface area contributed by atoms with Crippen LogP contribution in [0, 0.1) is 5.92 Å². The molecule has 2 rings (SSSR count). The van der Waals surface area contributed by atoms with Gasteiger partial charge in [0, 0.05) is 6.42 Å². The van der Waals surface area contributed by atoms with Crippen molar-refractivity contribution in [3.8, 4) is 0 Å². The molecule has 1 atom stereocenters. The highest BCUT2D eigenvalue weighted by Gasteiger charge is 2.18. The number of carbonyl (C=O) groups is 1. The van der Waals surface area contributed by atoms with E-state index in [9.17, 15) is 13.6 Å². The van der Waals surface area contributed by atoms with Crippen LogP contribution in [0.2, 0.25) is 5.02 Å². The Morgan fingerprint density at radius 3 is 2.91 bits per heavy atom. The molecule has 1 saturated heterocycles. The molecule has 0 aromatic heterocycles. The highest BCUT2D eigenvalue weighted by molar-refractivity contribution is 7.99. The second-order valence-electron chi connectivity index (χ2n) is 4.94. The fourth-order valence-electron chi connectivity index (χ4n) is 2.32. The molecule has 22 heavy (non-hydrogen) atoms. The fraction of sp³-hybridized carbons (Fsp3) is 0.500. The average Bonchev–Trinajstić information content (AvgIpc) is 2.93. The number of nitrogens with one attached hydrogen (secondary N) is 2. The molecule has 1 unspecified atom stereocenters. The summed E-state index contributed by atoms with van der Waals surface area (Å²) < 4.78 is 25.1. The molecular weight excluding hydrogens is 353 g/mol. The van der Waals surface area contributed by atoms with Crippen molar-refractivity contribution in [2.24, 2.45) is 5.92 Å². The summed E-state index contributed by atoms with van der Waals surface area (Å²) in [5.74, 6) is -2.23. The minimum absolute atomic E-state index is 0. The number of anilines is 1. The molecule has 1 aromatic carbocycles. The lowest BCUT2D eigenvalue weighted by Crippen LogP contribution is -2.15. The Labute approximate surface area is 144 Å². The van der Waals surface area contributed by atoms with Gasteiger partial charge in [-0.1, -0.05) is 29.4 Å². The van der Waals surface area contributed by atoms with Gasteiger partial charge < -0.3 is 10.6 Å². The van der Waals surface area contributed by atoms with Gasteiger partial charge in [-0.2, -0.15) is 8.78 Å². The second kappa shape index (κ2) is 9.55. The van der Waals surface area contributed by atoms with Crippen molar-refractivity contribution in [3.63, 3.8) is 0 Å². The highest BCUT2D eigenvalue weighted by Crippen LogP contribution is 2.37. The van der Waals surface area contributed by atoms with Gasteiger partial charge in [0.2, 0.25) is 5.91 Å². The molecule has 0 bridgehead atoms. The molecule has 1 aromatic rings. The van der Waals surface area contributed by atoms with Gasteiger partial charge in [-0.25, -0.2) is 0 Å². The van der Waals surface area contributed by atoms with E-state index in [1.54, 1.807) is 12.1 Å². The summed E-state index contributed by atoms with van der Waals surface area (Å²) in [5, 5.41) is 6.15. The zero-order chi connectivity index (χ0) is 15.2. The van der Waals surface area contributed by atoms with E-state index in [1.807, 2.05) is 0 Å². The van der Waals surface area contributed by atoms with Crippen LogP contribution in [0.4, 0.5) is 14.5 Å². The first-order valence-corrected chi connectivity index (χ1v) is 8.06. The highest BCUT2D eigenvalue weighted by atomic mass is 35.5. The maximum Gasteiger partial charge on any atom is 0.289 e. The number of hydrogen-bond acceptors (Lipinski definition) is 3. The zero-order valence-corrected chi connectivity index (χ0v) is 14.2. The Morgan fingerprint density at radius 1 is 1.50 bits per heavy atom. The van der Waals surface area contributed by atoms with Crippen LogP contribution >= 0.6 is 35.8 Å². The van der Waals surface area contributed by atoms with Crippen LogP contribution in [0.5, 0.6) is 0 Å². The van der Waals surface area contributed by atoms with Crippen molar-refractivity contribution in [2.45, 2.75) is 29.9 Å². The van der Waals surface area contributed by atoms with Crippen LogP contribution in [0.1, 0.15) is 19.3 Å². The minimum Gasteiger partial charge on any atom is -0.325 e. The molecule has 0 spiro atoms. The number of hydrogen-bond donors (Lipinski definition) is 2. The standard InChI is InChI=1S/C14H17ClF2N2OS.ClH/c15-10-2-1-3-11(13(10)21-14(16)17)19-12(20)5-4-9-6-7-18-8-9;/h1-3,9,14,18H,4-8H2,(H,19,20);1H. The molecule has 0 radical (unpaired) electrons. The predicted molar refractivity (Wildman–Crippen MR) is 89.4 cm³/mol. The number of halogens is 4. The van der Waals surface area contributed by atoms with Gasteiger partial charge in [0.15, 0.2) is 0 Å². The largest absolute Gasteiger partial charge is 0.325 e. The molecule has 124 valence electrons. The Morgan fingerprint density at radius 2 is 2.27 bits per heavy atom. The zero-order valence-electron chi connectivity index (χ0n) is 11.8. The number of benzene rings is 1. The lowest BCUT2D eigenvalue weighted by atomic mass is 10.0. The van der Waals surface area contributed by atoms with Gasteiger partial charge in [-0.3, -0.25) is 4.79 Å². The first-order valence-electron chi connectivity index (χ1n) is 6.80. The topological polar surface area (TPSA) is 41.1 Å². The molecule has 1 heterocycles. The number of alkyl halides is 2. The lowest BCUT2D eigenvalue weighted by Gasteiger charge is -2.13. The smallest absolute Gasteiger partial charge is 0.289 e. The van der Waals surface area contributed by atoms with Crippen molar-refractivity contribution >= 4 is 47.4 Å². The van der Waals surface area contributed by atoms with E-state index in [1.165, 1.54) is 6.07 Å². The summed E-state index contributed by atoms with van der Waals surface area (Å²) in [6.45, 7) is 1.94. The summed E-state index contributed by atoms with van der Waals surface area (Å²) in [6.07, 6.45) is 2.27. The number of carbonyl (C=O) groups excluding carboxylic acids is 1. The summed E-state index contributed by atoms with van der Waals surface area (Å²) in [7, 11) is 0. The Bertz CT molecular complexity index is 500. The normalized spacial score (nSPS) is 17.4. The fourth-order valence-corrected chi connectivity index (χ4v) is 3.24. The number of thioether (sulfide) groups is 1. The molecule has 3 nitrogen and oxygen atoms in total. The molecule has 1 amide bonds. The van der Waals surface area contributed by atoms with Crippen LogP contribution in [0.15, 0.2) is 23.1 Å². The van der Waals surface area contributed by atoms with E-state index in [4.69, 9.17) is 11.6 Å². The quantitative estimate of drug-likeness (QED) is 0.728. The number of rotatable bonds is 6. The maximum absolute atomic E-state index is 12.6. The summed E-state index contributed by atoms with van der Waals surface area (Å²) in [6, 6.07) is 4.76. The summed E-state index contributed by atoms with van der Waals surface area (Å²) in [5.41, 5.74) is 0.349. The van der Waals surface area contributed by atoms with Crippen molar-refractivity contribution in [1.82, 2.24) is 5.32 Å². The van der Waals surface area contributed by atoms with Crippen molar-refractivity contribution in [2.75, 3.05) is 18.4 Å². The maximum atomic E-state index is 12.6. The van der Waals surface area contributed by atoms with Crippen LogP contribution in [-0.2, 0) is 4.79 Å². The van der Waals surface area contributed by atoms with Crippen molar-refractivity contribution in [1.29, 1.82) is 0 Å². The molecule has 1 aliphatic heterocycles. The minimum atomic E-state index is -2.58. The first kappa shape index (κ1) is 19.5. The molecular formula is C14H18Cl2F2N2OS. The van der Waals surface area contributed by atoms with Gasteiger partial charge in [-0.15, -0.1) is 12.4 Å². The molecule has 1 fully saturated rings. The Balaban J connectivity index is 0.00000242. The monoisotopic (exact) mass is 370 g/mol. The predicted octanol–water partition coefficient (Wildman–Crippen LogP) is 4.40. The molecule has 1 aliphatic rings. The van der Waals surface area contributed by atoms with Crippen LogP contribution in [0.3, 0.4) is 0 Å². The third-order valence-electron chi connectivity index (χ3n) is 3.39. The van der Waals surface area contributed by atoms with Crippen molar-refractivity contribution < 1.29 is 13.6 Å². The first-order chi connectivity index (χ1) is 10.1. The Hall–Kier alpha value is -0.560. The van der Waals surface area contributed by atoms with Gasteiger partial charge in [-0.05, 0) is 44.0 Å². The SMILES string of the molecule is Cl.O=C(CCC1CCNC1)Nc1cccc(Cl)c1SC(F)F. The van der Waals surface area contributed by atoms with E-state index in [-0.39, 0.29) is 28.2 Å². The van der Waals surface area contributed by atoms with Gasteiger partial charge in [0.25, 0.3) is 5.76 Å². The summed E-state index contributed by atoms with van der Waals surface area (Å²) >= 11 is 6.27. The second-order valence-corrected chi connectivity index (χ2v) is 6.35. The van der Waals surface area contributed by atoms with E-state index in [2.05, 4.69) is 10.6 Å². The van der Waals surface area contributed by atoms with Gasteiger partial charge in [0.05, 0.1) is 15.6 Å². The summed E-state index contributed by atoms with van der Waals surface area (Å²) in [4.78, 5) is 12.2. The molecule has 0 aliphatic carbocycles. The van der Waals surface area contributed by atoms with Crippen molar-refractivity contribution in [3.05, 3.63) is 23.2 Å². The van der Waals surface area contributed by atoms with Gasteiger partial charge >= 0.3 is 0 Å². The van der Waals surface area contributed by atoms with E-state index < -0.39 is 5.76 Å². The van der Waals surface area contributed by atoms with E-state index in [0.717, 1.165) is 25.9 Å².